The van der Waals surface area contributed by atoms with Crippen molar-refractivity contribution in [3.63, 3.8) is 0 Å². The van der Waals surface area contributed by atoms with Gasteiger partial charge in [-0.25, -0.2) is 0 Å². The molecule has 9 aromatic carbocycles. The van der Waals surface area contributed by atoms with Crippen LogP contribution in [0.2, 0.25) is 0 Å². The number of benzene rings is 9. The van der Waals surface area contributed by atoms with Crippen molar-refractivity contribution in [1.29, 1.82) is 21.0 Å². The molecule has 6 nitrogen and oxygen atoms in total. The smallest absolute Gasteiger partial charge is 0.194 e. The summed E-state index contributed by atoms with van der Waals surface area (Å²) in [6.45, 7) is 8.60. The third-order valence-electron chi connectivity index (χ3n) is 19.8. The number of Topliss-reactive ketones (excluding diaryl/α,β-unsaturated/α-hetero) is 2. The molecule has 0 saturated heterocycles. The lowest BCUT2D eigenvalue weighted by molar-refractivity contribution is 0.103. The van der Waals surface area contributed by atoms with Gasteiger partial charge in [-0.1, -0.05) is 180 Å². The van der Waals surface area contributed by atoms with Gasteiger partial charge in [0.2, 0.25) is 0 Å². The lowest BCUT2D eigenvalue weighted by atomic mass is 9.65. The zero-order valence-corrected chi connectivity index (χ0v) is 55.4. The summed E-state index contributed by atoms with van der Waals surface area (Å²) in [6.07, 6.45) is 3.68. The molecule has 0 unspecified atom stereocenters. The highest BCUT2D eigenvalue weighted by Gasteiger charge is 2.53. The first-order chi connectivity index (χ1) is 46.8. The summed E-state index contributed by atoms with van der Waals surface area (Å²) < 4.78 is 2.30. The van der Waals surface area contributed by atoms with Crippen LogP contribution < -0.4 is 0 Å². The second-order valence-corrected chi connectivity index (χ2v) is 29.5. The second-order valence-electron chi connectivity index (χ2n) is 25.1. The zero-order valence-electron chi connectivity index (χ0n) is 52.2. The average Bonchev–Trinajstić information content (AvgIpc) is 1.50. The van der Waals surface area contributed by atoms with E-state index in [9.17, 15) is 30.6 Å². The van der Waals surface area contributed by atoms with Gasteiger partial charge in [0, 0.05) is 72.1 Å². The summed E-state index contributed by atoms with van der Waals surface area (Å²) in [5.74, 6) is -0.404. The van der Waals surface area contributed by atoms with Gasteiger partial charge in [-0.2, -0.15) is 21.0 Å². The van der Waals surface area contributed by atoms with Crippen molar-refractivity contribution in [2.45, 2.75) is 38.5 Å². The zero-order chi connectivity index (χ0) is 65.5. The monoisotopic (exact) mass is 1300 g/mol. The Morgan fingerprint density at radius 1 is 0.344 bits per heavy atom. The summed E-state index contributed by atoms with van der Waals surface area (Å²) in [4.78, 5) is 34.1. The largest absolute Gasteiger partial charge is 0.289 e. The Hall–Kier alpha value is -11.4. The molecule has 4 aliphatic carbocycles. The van der Waals surface area contributed by atoms with Gasteiger partial charge in [0.05, 0.1) is 10.8 Å². The van der Waals surface area contributed by atoms with E-state index in [-0.39, 0.29) is 22.7 Å². The van der Waals surface area contributed by atoms with E-state index in [1.165, 1.54) is 55.6 Å². The average molecular weight is 1300 g/mol. The highest BCUT2D eigenvalue weighted by Crippen LogP contribution is 2.66. The Morgan fingerprint density at radius 3 is 1.01 bits per heavy atom. The number of hydrogen-bond acceptors (Lipinski definition) is 10. The van der Waals surface area contributed by atoms with Gasteiger partial charge in [0.1, 0.15) is 35.4 Å². The fourth-order valence-corrected chi connectivity index (χ4v) is 19.7. The molecule has 0 radical (unpaired) electrons. The number of hydrogen-bond donors (Lipinski definition) is 0. The van der Waals surface area contributed by atoms with Crippen LogP contribution in [0.4, 0.5) is 0 Å². The van der Waals surface area contributed by atoms with E-state index in [1.54, 1.807) is 69.6 Å². The number of nitrogens with zero attached hydrogens (tertiary/aromatic N) is 4. The molecule has 450 valence electrons. The lowest BCUT2D eigenvalue weighted by Gasteiger charge is -2.36. The molecule has 17 rings (SSSR count). The molecule has 0 bridgehead atoms. The van der Waals surface area contributed by atoms with Crippen LogP contribution in [0, 0.1) is 73.0 Å². The first-order valence-corrected chi connectivity index (χ1v) is 34.7. The third-order valence-corrected chi connectivity index (χ3v) is 24.5. The molecular formula is C86H50N4O2S4. The highest BCUT2D eigenvalue weighted by atomic mass is 32.1. The summed E-state index contributed by atoms with van der Waals surface area (Å²) in [7, 11) is 0. The quantitative estimate of drug-likeness (QED) is 0.110. The number of rotatable bonds is 8. The minimum absolute atomic E-state index is 0.0862. The summed E-state index contributed by atoms with van der Waals surface area (Å²) >= 11 is 6.70. The molecule has 4 aromatic heterocycles. The standard InChI is InChI=1S/C86H50N4O2S4/c1-47-13-21-53(22-14-47)85(54-23-15-48(2)16-24-54)71-39-66-62-32-36-74-68(42-78(96-74)76-34-30-58(94-76)38-70-80(52(45-89)46-90)60-10-6-8-12-64(60)84(70)92)82(62)86(55-25-17-49(3)18-26-55,56-27-19-50(4)20-28-56)72(66)40-65(71)61-31-35-73-67(81(61)85)41-77(95-73)75-33-29-57(93-75)37-69-79(51(43-87)44-88)59-9-5-7-11-63(59)83(69)91/h5-42H,1-4H3/b69-37-,70-38-. The fraction of sp³-hybridized carbons (Fsp3) is 0.0698. The molecule has 4 aliphatic rings. The van der Waals surface area contributed by atoms with Crippen LogP contribution in [0.3, 0.4) is 0 Å². The van der Waals surface area contributed by atoms with Crippen molar-refractivity contribution in [1.82, 2.24) is 0 Å². The van der Waals surface area contributed by atoms with Gasteiger partial charge < -0.3 is 0 Å². The van der Waals surface area contributed by atoms with E-state index >= 15 is 0 Å². The van der Waals surface area contributed by atoms with Gasteiger partial charge in [0.25, 0.3) is 0 Å². The van der Waals surface area contributed by atoms with Crippen LogP contribution in [0.5, 0.6) is 0 Å². The third kappa shape index (κ3) is 8.48. The summed E-state index contributed by atoms with van der Waals surface area (Å²) in [5, 5.41) is 42.8. The van der Waals surface area contributed by atoms with Crippen LogP contribution >= 0.6 is 45.3 Å². The van der Waals surface area contributed by atoms with E-state index in [0.717, 1.165) is 82.8 Å². The predicted octanol–water partition coefficient (Wildman–Crippen LogP) is 21.7. The van der Waals surface area contributed by atoms with E-state index in [0.29, 0.717) is 44.5 Å². The molecule has 0 saturated carbocycles. The number of carbonyl (C=O) groups is 2. The predicted molar refractivity (Wildman–Crippen MR) is 391 cm³/mol. The fourth-order valence-electron chi connectivity index (χ4n) is 15.5. The van der Waals surface area contributed by atoms with Crippen molar-refractivity contribution < 1.29 is 9.59 Å². The van der Waals surface area contributed by atoms with E-state index in [2.05, 4.69) is 210 Å². The van der Waals surface area contributed by atoms with Crippen molar-refractivity contribution in [2.24, 2.45) is 0 Å². The van der Waals surface area contributed by atoms with Crippen LogP contribution in [0.1, 0.15) is 108 Å². The topological polar surface area (TPSA) is 129 Å². The van der Waals surface area contributed by atoms with Crippen molar-refractivity contribution >= 4 is 100 Å². The molecule has 96 heavy (non-hydrogen) atoms. The maximum atomic E-state index is 14.1. The van der Waals surface area contributed by atoms with Crippen molar-refractivity contribution in [2.75, 3.05) is 0 Å². The van der Waals surface area contributed by atoms with Crippen LogP contribution in [0.15, 0.2) is 241 Å². The first-order valence-electron chi connectivity index (χ1n) is 31.5. The first kappa shape index (κ1) is 58.4. The number of fused-ring (bicyclic) bond motifs is 12. The SMILES string of the molecule is Cc1ccc(C2(c3ccc(C)cc3)c3cc4c(cc3-c3ccc5sc(-c6ccc(/C=C7\C(=O)c8ccccc8C7=C(C#N)C#N)s6)cc5c32)C(c2ccc(C)cc2)(c2ccc(C)cc2)c2c-4ccc3sc(-c4ccc(/C=C5\C(=O)c6ccccc6C5=C(C#N)C#N)s4)cc23)cc1. The van der Waals surface area contributed by atoms with Crippen molar-refractivity contribution in [3.05, 3.63) is 339 Å². The molecule has 0 N–H and O–H groups in total. The van der Waals surface area contributed by atoms with Crippen LogP contribution in [-0.2, 0) is 10.8 Å². The number of ketones is 2. The van der Waals surface area contributed by atoms with Gasteiger partial charge >= 0.3 is 0 Å². The highest BCUT2D eigenvalue weighted by molar-refractivity contribution is 7.27. The van der Waals surface area contributed by atoms with Gasteiger partial charge in [-0.3, -0.25) is 9.59 Å². The Labute approximate surface area is 570 Å². The lowest BCUT2D eigenvalue weighted by Crippen LogP contribution is -2.30. The van der Waals surface area contributed by atoms with Gasteiger partial charge in [-0.15, -0.1) is 45.3 Å². The van der Waals surface area contributed by atoms with E-state index < -0.39 is 10.8 Å². The molecule has 13 aromatic rings. The van der Waals surface area contributed by atoms with E-state index in [4.69, 9.17) is 0 Å². The maximum absolute atomic E-state index is 14.1. The molecule has 0 fully saturated rings. The Morgan fingerprint density at radius 2 is 0.677 bits per heavy atom. The normalized spacial score (nSPS) is 15.0. The Balaban J connectivity index is 0.885. The van der Waals surface area contributed by atoms with Crippen LogP contribution in [0.25, 0.3) is 85.2 Å². The molecule has 4 heterocycles. The number of thiophene rings is 4. The number of nitriles is 4. The van der Waals surface area contributed by atoms with Gasteiger partial charge in [0.15, 0.2) is 11.6 Å². The Bertz CT molecular complexity index is 5460. The molecule has 0 spiro atoms. The minimum Gasteiger partial charge on any atom is -0.289 e. The second kappa shape index (κ2) is 22.1. The molecule has 0 amide bonds. The Kier molecular flexibility index (Phi) is 13.4. The summed E-state index contributed by atoms with van der Waals surface area (Å²) in [6, 6.07) is 86.7. The maximum Gasteiger partial charge on any atom is 0.194 e. The van der Waals surface area contributed by atoms with Gasteiger partial charge in [-0.05, 0) is 189 Å². The van der Waals surface area contributed by atoms with Crippen LogP contribution in [-0.4, -0.2) is 11.6 Å². The minimum atomic E-state index is -0.804. The number of allylic oxidation sites excluding steroid dienone is 6. The van der Waals surface area contributed by atoms with Crippen molar-refractivity contribution in [3.8, 4) is 66.0 Å². The number of carbonyl (C=O) groups excluding carboxylic acids is 2. The molecule has 10 heteroatoms. The van der Waals surface area contributed by atoms with E-state index in [1.807, 2.05) is 48.6 Å². The number of aryl methyl sites for hydroxylation is 4. The molecule has 0 aliphatic heterocycles. The molecular weight excluding hydrogens is 1250 g/mol. The summed E-state index contributed by atoms with van der Waals surface area (Å²) in [5.41, 5.74) is 20.7. The molecule has 0 atom stereocenters.